The van der Waals surface area contributed by atoms with Crippen molar-refractivity contribution in [3.63, 3.8) is 0 Å². The van der Waals surface area contributed by atoms with E-state index in [0.29, 0.717) is 6.42 Å². The Morgan fingerprint density at radius 2 is 1.93 bits per heavy atom. The quantitative estimate of drug-likeness (QED) is 0.692. The number of rotatable bonds is 0. The van der Waals surface area contributed by atoms with E-state index in [0.717, 1.165) is 5.17 Å². The lowest BCUT2D eigenvalue weighted by Gasteiger charge is -2.44. The Balaban J connectivity index is 0.00000169. The van der Waals surface area contributed by atoms with Crippen LogP contribution in [-0.4, -0.2) is 39.7 Å². The molecule has 0 aliphatic carbocycles. The van der Waals surface area contributed by atoms with Crippen molar-refractivity contribution in [2.75, 3.05) is 13.3 Å². The minimum Gasteiger partial charge on any atom is -0.371 e. The zero-order valence-electron chi connectivity index (χ0n) is 9.37. The van der Waals surface area contributed by atoms with Crippen LogP contribution in [0.25, 0.3) is 0 Å². The lowest BCUT2D eigenvalue weighted by Crippen LogP contribution is -2.54. The highest BCUT2D eigenvalue weighted by Gasteiger charge is 2.39. The fourth-order valence-electron chi connectivity index (χ4n) is 1.70. The van der Waals surface area contributed by atoms with Crippen molar-refractivity contribution in [2.45, 2.75) is 38.5 Å². The molecule has 1 heterocycles. The molecule has 1 aliphatic rings. The summed E-state index contributed by atoms with van der Waals surface area (Å²) in [5, 5.41) is 11.0. The topological polar surface area (TPSA) is 35.8 Å². The third-order valence-corrected chi connectivity index (χ3v) is 3.09. The van der Waals surface area contributed by atoms with Crippen LogP contribution in [-0.2, 0) is 0 Å². The Bertz CT molecular complexity index is 241. The third-order valence-electron chi connectivity index (χ3n) is 2.36. The van der Waals surface area contributed by atoms with Crippen molar-refractivity contribution in [2.24, 2.45) is 4.99 Å². The number of aliphatic hydroxyl groups is 1. The summed E-state index contributed by atoms with van der Waals surface area (Å²) in [5.41, 5.74) is -0.933. The lowest BCUT2D eigenvalue weighted by molar-refractivity contribution is -0.0666. The molecule has 1 rings (SSSR count). The number of hydrogen-bond acceptors (Lipinski definition) is 4. The standard InChI is InChI=1S/C9H18N2OS.HI/c1-8(2)6-9(3,12)11(4)7(10-8)13-5;/h12H,6H2,1-5H3;1H. The maximum Gasteiger partial charge on any atom is 0.161 e. The van der Waals surface area contributed by atoms with E-state index >= 15 is 0 Å². The molecule has 0 saturated carbocycles. The van der Waals surface area contributed by atoms with Crippen LogP contribution in [0.1, 0.15) is 27.2 Å². The Hall–Kier alpha value is 0.510. The van der Waals surface area contributed by atoms with Crippen LogP contribution in [0, 0.1) is 0 Å². The second-order valence-electron chi connectivity index (χ2n) is 4.36. The highest BCUT2D eigenvalue weighted by atomic mass is 127. The predicted molar refractivity (Wildman–Crippen MR) is 73.4 cm³/mol. The van der Waals surface area contributed by atoms with Crippen LogP contribution >= 0.6 is 35.7 Å². The normalized spacial score (nSPS) is 30.7. The second-order valence-corrected chi connectivity index (χ2v) is 5.14. The Morgan fingerprint density at radius 3 is 2.36 bits per heavy atom. The first kappa shape index (κ1) is 14.5. The number of hydrogen-bond donors (Lipinski definition) is 1. The maximum atomic E-state index is 10.1. The molecule has 0 aromatic heterocycles. The molecule has 0 aromatic carbocycles. The molecular formula is C9H19IN2OS. The zero-order valence-corrected chi connectivity index (χ0v) is 12.5. The monoisotopic (exact) mass is 330 g/mol. The highest BCUT2D eigenvalue weighted by Crippen LogP contribution is 2.33. The molecule has 1 atom stereocenters. The largest absolute Gasteiger partial charge is 0.371 e. The summed E-state index contributed by atoms with van der Waals surface area (Å²) >= 11 is 1.57. The summed E-state index contributed by atoms with van der Waals surface area (Å²) in [6.45, 7) is 5.93. The minimum absolute atomic E-state index is 0. The molecule has 0 bridgehead atoms. The molecule has 14 heavy (non-hydrogen) atoms. The molecule has 1 N–H and O–H groups in total. The van der Waals surface area contributed by atoms with Gasteiger partial charge in [-0.05, 0) is 27.0 Å². The van der Waals surface area contributed by atoms with Crippen LogP contribution in [0.3, 0.4) is 0 Å². The van der Waals surface area contributed by atoms with Gasteiger partial charge in [-0.1, -0.05) is 11.8 Å². The zero-order chi connectivity index (χ0) is 10.3. The van der Waals surface area contributed by atoms with Crippen molar-refractivity contribution in [3.8, 4) is 0 Å². The van der Waals surface area contributed by atoms with Gasteiger partial charge in [0.2, 0.25) is 0 Å². The second kappa shape index (κ2) is 4.57. The van der Waals surface area contributed by atoms with Crippen LogP contribution in [0.5, 0.6) is 0 Å². The third kappa shape index (κ3) is 3.00. The van der Waals surface area contributed by atoms with E-state index in [1.165, 1.54) is 0 Å². The number of nitrogens with zero attached hydrogens (tertiary/aromatic N) is 2. The summed E-state index contributed by atoms with van der Waals surface area (Å²) in [4.78, 5) is 6.39. The van der Waals surface area contributed by atoms with Gasteiger partial charge in [-0.3, -0.25) is 4.99 Å². The predicted octanol–water partition coefficient (Wildman–Crippen LogP) is 2.15. The number of thioether (sulfide) groups is 1. The average Bonchev–Trinajstić information content (AvgIpc) is 1.95. The Morgan fingerprint density at radius 1 is 1.43 bits per heavy atom. The maximum absolute atomic E-state index is 10.1. The average molecular weight is 330 g/mol. The molecule has 1 aliphatic heterocycles. The van der Waals surface area contributed by atoms with Gasteiger partial charge in [0.25, 0.3) is 0 Å². The molecule has 0 radical (unpaired) electrons. The lowest BCUT2D eigenvalue weighted by atomic mass is 9.92. The van der Waals surface area contributed by atoms with Crippen molar-refractivity contribution < 1.29 is 5.11 Å². The van der Waals surface area contributed by atoms with E-state index in [1.807, 2.05) is 39.0 Å². The van der Waals surface area contributed by atoms with Gasteiger partial charge in [0.1, 0.15) is 5.72 Å². The van der Waals surface area contributed by atoms with E-state index in [-0.39, 0.29) is 29.5 Å². The SMILES string of the molecule is CSC1=NC(C)(C)CC(C)(O)N1C.I. The molecule has 0 fully saturated rings. The van der Waals surface area contributed by atoms with Gasteiger partial charge in [-0.15, -0.1) is 24.0 Å². The van der Waals surface area contributed by atoms with Crippen LogP contribution < -0.4 is 0 Å². The number of amidine groups is 1. The number of halogens is 1. The van der Waals surface area contributed by atoms with E-state index in [2.05, 4.69) is 4.99 Å². The first-order chi connectivity index (χ1) is 5.78. The van der Waals surface area contributed by atoms with Gasteiger partial charge in [-0.2, -0.15) is 0 Å². The van der Waals surface area contributed by atoms with Crippen molar-refractivity contribution in [1.29, 1.82) is 0 Å². The smallest absolute Gasteiger partial charge is 0.161 e. The molecule has 1 unspecified atom stereocenters. The molecule has 3 nitrogen and oxygen atoms in total. The summed E-state index contributed by atoms with van der Waals surface area (Å²) in [7, 11) is 1.88. The van der Waals surface area contributed by atoms with Crippen molar-refractivity contribution in [1.82, 2.24) is 4.90 Å². The van der Waals surface area contributed by atoms with Crippen molar-refractivity contribution >= 4 is 40.9 Å². The first-order valence-electron chi connectivity index (χ1n) is 4.38. The van der Waals surface area contributed by atoms with Gasteiger partial charge in [0.05, 0.1) is 5.54 Å². The summed E-state index contributed by atoms with van der Waals surface area (Å²) < 4.78 is 0. The Kier molecular flexibility index (Phi) is 4.74. The molecule has 0 saturated heterocycles. The van der Waals surface area contributed by atoms with E-state index in [4.69, 9.17) is 0 Å². The van der Waals surface area contributed by atoms with Crippen molar-refractivity contribution in [3.05, 3.63) is 0 Å². The number of aliphatic imine (C=N–C) groups is 1. The van der Waals surface area contributed by atoms with Crippen LogP contribution in [0.15, 0.2) is 4.99 Å². The summed E-state index contributed by atoms with van der Waals surface area (Å²) in [6.07, 6.45) is 2.65. The fourth-order valence-corrected chi connectivity index (χ4v) is 2.51. The van der Waals surface area contributed by atoms with Gasteiger partial charge in [0.15, 0.2) is 5.17 Å². The molecule has 0 spiro atoms. The van der Waals surface area contributed by atoms with Gasteiger partial charge >= 0.3 is 0 Å². The fraction of sp³-hybridized carbons (Fsp3) is 0.889. The minimum atomic E-state index is -0.774. The molecule has 5 heteroatoms. The summed E-state index contributed by atoms with van der Waals surface area (Å²) in [5.74, 6) is 0. The molecule has 84 valence electrons. The molecule has 0 amide bonds. The Labute approximate surface area is 107 Å². The van der Waals surface area contributed by atoms with E-state index in [9.17, 15) is 5.11 Å². The van der Waals surface area contributed by atoms with Crippen LogP contribution in [0.4, 0.5) is 0 Å². The van der Waals surface area contributed by atoms with Gasteiger partial charge in [-0.25, -0.2) is 0 Å². The summed E-state index contributed by atoms with van der Waals surface area (Å²) in [6, 6.07) is 0. The molecular weight excluding hydrogens is 311 g/mol. The van der Waals surface area contributed by atoms with Gasteiger partial charge in [0, 0.05) is 13.5 Å². The van der Waals surface area contributed by atoms with E-state index in [1.54, 1.807) is 11.8 Å². The first-order valence-corrected chi connectivity index (χ1v) is 5.61. The van der Waals surface area contributed by atoms with Crippen LogP contribution in [0.2, 0.25) is 0 Å². The van der Waals surface area contributed by atoms with Gasteiger partial charge < -0.3 is 10.0 Å². The van der Waals surface area contributed by atoms with E-state index < -0.39 is 5.72 Å². The highest BCUT2D eigenvalue weighted by molar-refractivity contribution is 14.0. The molecule has 0 aromatic rings.